The van der Waals surface area contributed by atoms with Gasteiger partial charge in [-0.25, -0.2) is 13.4 Å². The van der Waals surface area contributed by atoms with E-state index < -0.39 is 10.0 Å². The first-order valence-electron chi connectivity index (χ1n) is 6.37. The summed E-state index contributed by atoms with van der Waals surface area (Å²) in [7, 11) is -3.37. The molecule has 0 atom stereocenters. The number of sulfonamides is 1. The van der Waals surface area contributed by atoms with Gasteiger partial charge in [-0.05, 0) is 44.5 Å². The van der Waals surface area contributed by atoms with E-state index in [9.17, 15) is 8.42 Å². The van der Waals surface area contributed by atoms with Gasteiger partial charge in [0.15, 0.2) is 5.82 Å². The van der Waals surface area contributed by atoms with Gasteiger partial charge in [-0.2, -0.15) is 0 Å². The summed E-state index contributed by atoms with van der Waals surface area (Å²) in [6.07, 6.45) is 4.02. The van der Waals surface area contributed by atoms with Crippen LogP contribution in [0.3, 0.4) is 0 Å². The summed E-state index contributed by atoms with van der Waals surface area (Å²) in [5, 5.41) is 3.53. The number of nitrogens with one attached hydrogen (secondary N) is 2. The number of rotatable bonds is 9. The van der Waals surface area contributed by atoms with Crippen molar-refractivity contribution in [3.8, 4) is 0 Å². The predicted octanol–water partition coefficient (Wildman–Crippen LogP) is 2.26. The number of pyridine rings is 1. The molecule has 0 aliphatic heterocycles. The topological polar surface area (TPSA) is 71.1 Å². The van der Waals surface area contributed by atoms with E-state index in [0.717, 1.165) is 25.9 Å². The molecule has 1 heterocycles. The van der Waals surface area contributed by atoms with E-state index in [4.69, 9.17) is 11.6 Å². The Hall–Kier alpha value is -0.850. The minimum absolute atomic E-state index is 0.0771. The molecular formula is C12H20ClN3O2S. The first-order valence-corrected chi connectivity index (χ1v) is 8.40. The Morgan fingerprint density at radius 3 is 2.79 bits per heavy atom. The molecule has 1 aromatic rings. The molecule has 19 heavy (non-hydrogen) atoms. The lowest BCUT2D eigenvalue weighted by Crippen LogP contribution is -2.20. The maximum Gasteiger partial charge on any atom is 0.233 e. The molecule has 2 N–H and O–H groups in total. The molecule has 0 saturated carbocycles. The first kappa shape index (κ1) is 16.2. The van der Waals surface area contributed by atoms with Gasteiger partial charge in [0.2, 0.25) is 10.0 Å². The lowest BCUT2D eigenvalue weighted by Gasteiger charge is -2.08. The molecule has 0 spiro atoms. The smallest absolute Gasteiger partial charge is 0.233 e. The standard InChI is InChI=1S/C12H20ClN3O2S/c1-2-7-14-8-3-4-10-19(17,18)16-12-11(13)6-5-9-15-12/h5-6,9,14H,2-4,7-8,10H2,1H3,(H,15,16). The Balaban J connectivity index is 2.34. The third-order valence-corrected chi connectivity index (χ3v) is 4.09. The van der Waals surface area contributed by atoms with Crippen molar-refractivity contribution in [1.29, 1.82) is 0 Å². The highest BCUT2D eigenvalue weighted by Crippen LogP contribution is 2.18. The average molecular weight is 306 g/mol. The number of unbranched alkanes of at least 4 members (excludes halogenated alkanes) is 1. The van der Waals surface area contributed by atoms with Crippen LogP contribution in [0.2, 0.25) is 5.02 Å². The molecule has 0 saturated heterocycles. The van der Waals surface area contributed by atoms with Crippen molar-refractivity contribution < 1.29 is 8.42 Å². The molecule has 0 fully saturated rings. The third kappa shape index (κ3) is 6.75. The van der Waals surface area contributed by atoms with Gasteiger partial charge in [0.1, 0.15) is 0 Å². The van der Waals surface area contributed by atoms with E-state index in [2.05, 4.69) is 21.9 Å². The fourth-order valence-electron chi connectivity index (χ4n) is 1.50. The molecule has 1 rings (SSSR count). The predicted molar refractivity (Wildman–Crippen MR) is 79.1 cm³/mol. The molecule has 0 aromatic carbocycles. The molecule has 0 amide bonds. The lowest BCUT2D eigenvalue weighted by molar-refractivity contribution is 0.590. The quantitative estimate of drug-likeness (QED) is 0.687. The summed E-state index contributed by atoms with van der Waals surface area (Å²) in [6, 6.07) is 3.25. The second-order valence-electron chi connectivity index (χ2n) is 4.21. The van der Waals surface area contributed by atoms with Gasteiger partial charge in [-0.3, -0.25) is 4.72 Å². The Labute approximate surface area is 119 Å². The van der Waals surface area contributed by atoms with Crippen molar-refractivity contribution in [3.05, 3.63) is 23.4 Å². The SMILES string of the molecule is CCCNCCCCS(=O)(=O)Nc1ncccc1Cl. The number of aromatic nitrogens is 1. The van der Waals surface area contributed by atoms with Gasteiger partial charge < -0.3 is 5.32 Å². The summed E-state index contributed by atoms with van der Waals surface area (Å²) < 4.78 is 26.0. The van der Waals surface area contributed by atoms with E-state index in [-0.39, 0.29) is 11.6 Å². The highest BCUT2D eigenvalue weighted by Gasteiger charge is 2.12. The van der Waals surface area contributed by atoms with Crippen molar-refractivity contribution in [3.63, 3.8) is 0 Å². The molecule has 0 bridgehead atoms. The summed E-state index contributed by atoms with van der Waals surface area (Å²) in [4.78, 5) is 3.90. The van der Waals surface area contributed by atoms with Crippen LogP contribution in [0.5, 0.6) is 0 Å². The number of nitrogens with zero attached hydrogens (tertiary/aromatic N) is 1. The van der Waals surface area contributed by atoms with Gasteiger partial charge in [0.25, 0.3) is 0 Å². The van der Waals surface area contributed by atoms with Crippen LogP contribution in [0.25, 0.3) is 0 Å². The normalized spacial score (nSPS) is 11.5. The van der Waals surface area contributed by atoms with E-state index in [1.165, 1.54) is 6.20 Å². The van der Waals surface area contributed by atoms with Crippen molar-refractivity contribution >= 4 is 27.4 Å². The Bertz CT molecular complexity index is 480. The number of halogens is 1. The monoisotopic (exact) mass is 305 g/mol. The molecule has 5 nitrogen and oxygen atoms in total. The fraction of sp³-hybridized carbons (Fsp3) is 0.583. The molecule has 0 aliphatic rings. The van der Waals surface area contributed by atoms with Gasteiger partial charge in [0.05, 0.1) is 10.8 Å². The average Bonchev–Trinajstić information content (AvgIpc) is 2.36. The lowest BCUT2D eigenvalue weighted by atomic mass is 10.3. The van der Waals surface area contributed by atoms with Crippen molar-refractivity contribution in [1.82, 2.24) is 10.3 Å². The molecule has 7 heteroatoms. The van der Waals surface area contributed by atoms with Crippen LogP contribution in [-0.4, -0.2) is 32.2 Å². The summed E-state index contributed by atoms with van der Waals surface area (Å²) in [6.45, 7) is 3.90. The molecule has 0 unspecified atom stereocenters. The summed E-state index contributed by atoms with van der Waals surface area (Å²) in [5.41, 5.74) is 0. The zero-order valence-corrected chi connectivity index (χ0v) is 12.6. The van der Waals surface area contributed by atoms with Gasteiger partial charge in [-0.15, -0.1) is 0 Å². The second kappa shape index (κ2) is 8.35. The van der Waals surface area contributed by atoms with Gasteiger partial charge in [-0.1, -0.05) is 18.5 Å². The van der Waals surface area contributed by atoms with Crippen LogP contribution < -0.4 is 10.0 Å². The molecule has 0 aliphatic carbocycles. The molecular weight excluding hydrogens is 286 g/mol. The molecule has 1 aromatic heterocycles. The van der Waals surface area contributed by atoms with Crippen LogP contribution in [0.15, 0.2) is 18.3 Å². The van der Waals surface area contributed by atoms with E-state index in [1.807, 2.05) is 0 Å². The van der Waals surface area contributed by atoms with Crippen LogP contribution in [0, 0.1) is 0 Å². The third-order valence-electron chi connectivity index (χ3n) is 2.45. The minimum atomic E-state index is -3.37. The Morgan fingerprint density at radius 1 is 1.32 bits per heavy atom. The summed E-state index contributed by atoms with van der Waals surface area (Å²) in [5.74, 6) is 0.265. The number of anilines is 1. The van der Waals surface area contributed by atoms with Crippen LogP contribution in [-0.2, 0) is 10.0 Å². The highest BCUT2D eigenvalue weighted by molar-refractivity contribution is 7.92. The highest BCUT2D eigenvalue weighted by atomic mass is 35.5. The van der Waals surface area contributed by atoms with Gasteiger partial charge in [0, 0.05) is 6.20 Å². The van der Waals surface area contributed by atoms with Crippen LogP contribution >= 0.6 is 11.6 Å². The largest absolute Gasteiger partial charge is 0.317 e. The Morgan fingerprint density at radius 2 is 2.11 bits per heavy atom. The van der Waals surface area contributed by atoms with E-state index in [1.54, 1.807) is 12.1 Å². The zero-order chi connectivity index (χ0) is 14.1. The maximum atomic E-state index is 11.8. The van der Waals surface area contributed by atoms with Gasteiger partial charge >= 0.3 is 0 Å². The molecule has 108 valence electrons. The van der Waals surface area contributed by atoms with Crippen molar-refractivity contribution in [2.24, 2.45) is 0 Å². The zero-order valence-electron chi connectivity index (χ0n) is 11.0. The summed E-state index contributed by atoms with van der Waals surface area (Å²) >= 11 is 5.85. The Kier molecular flexibility index (Phi) is 7.12. The van der Waals surface area contributed by atoms with Crippen molar-refractivity contribution in [2.75, 3.05) is 23.6 Å². The second-order valence-corrected chi connectivity index (χ2v) is 6.46. The fourth-order valence-corrected chi connectivity index (χ4v) is 2.87. The maximum absolute atomic E-state index is 11.8. The van der Waals surface area contributed by atoms with Crippen LogP contribution in [0.4, 0.5) is 5.82 Å². The minimum Gasteiger partial charge on any atom is -0.317 e. The van der Waals surface area contributed by atoms with Crippen LogP contribution in [0.1, 0.15) is 26.2 Å². The number of hydrogen-bond acceptors (Lipinski definition) is 4. The van der Waals surface area contributed by atoms with E-state index >= 15 is 0 Å². The number of hydrogen-bond donors (Lipinski definition) is 2. The van der Waals surface area contributed by atoms with Crippen molar-refractivity contribution in [2.45, 2.75) is 26.2 Å². The molecule has 0 radical (unpaired) electrons. The van der Waals surface area contributed by atoms with E-state index in [0.29, 0.717) is 11.4 Å². The first-order chi connectivity index (χ1) is 9.05.